The maximum atomic E-state index is 12.5. The van der Waals surface area contributed by atoms with E-state index >= 15 is 0 Å². The Morgan fingerprint density at radius 3 is 2.58 bits per heavy atom. The number of alkyl halides is 3. The fraction of sp³-hybridized carbons (Fsp3) is 0.167. The predicted octanol–water partition coefficient (Wildman–Crippen LogP) is 2.90. The first-order valence-electron chi connectivity index (χ1n) is 5.26. The van der Waals surface area contributed by atoms with E-state index in [9.17, 15) is 18.0 Å². The van der Waals surface area contributed by atoms with Gasteiger partial charge in [-0.1, -0.05) is 12.1 Å². The minimum absolute atomic E-state index is 0.100. The number of carbonyl (C=O) groups is 1. The Kier molecular flexibility index (Phi) is 3.05. The average molecular weight is 270 g/mol. The number of rotatable bonds is 2. The molecule has 0 aliphatic carbocycles. The highest BCUT2D eigenvalue weighted by Crippen LogP contribution is 2.30. The molecule has 0 radical (unpaired) electrons. The molecule has 0 saturated carbocycles. The van der Waals surface area contributed by atoms with E-state index in [2.05, 4.69) is 5.10 Å². The number of aryl methyl sites for hydroxylation is 1. The van der Waals surface area contributed by atoms with Crippen LogP contribution in [0.25, 0.3) is 5.69 Å². The van der Waals surface area contributed by atoms with Gasteiger partial charge in [0.15, 0.2) is 0 Å². The van der Waals surface area contributed by atoms with Crippen LogP contribution in [0.15, 0.2) is 30.6 Å². The molecule has 0 unspecified atom stereocenters. The Hall–Kier alpha value is -2.31. The molecule has 0 aliphatic rings. The van der Waals surface area contributed by atoms with Gasteiger partial charge < -0.3 is 5.11 Å². The van der Waals surface area contributed by atoms with Gasteiger partial charge in [-0.25, -0.2) is 9.48 Å². The molecule has 0 fully saturated rings. The number of carboxylic acid groups (broad SMARTS) is 1. The van der Waals surface area contributed by atoms with E-state index in [1.807, 2.05) is 0 Å². The Morgan fingerprint density at radius 2 is 2.05 bits per heavy atom. The van der Waals surface area contributed by atoms with Crippen molar-refractivity contribution >= 4 is 5.97 Å². The summed E-state index contributed by atoms with van der Waals surface area (Å²) >= 11 is 0. The van der Waals surface area contributed by atoms with Crippen LogP contribution < -0.4 is 0 Å². The molecule has 2 aromatic rings. The van der Waals surface area contributed by atoms with Gasteiger partial charge in [-0.05, 0) is 18.6 Å². The second-order valence-corrected chi connectivity index (χ2v) is 3.95. The van der Waals surface area contributed by atoms with E-state index in [1.165, 1.54) is 12.1 Å². The van der Waals surface area contributed by atoms with E-state index in [1.54, 1.807) is 13.0 Å². The summed E-state index contributed by atoms with van der Waals surface area (Å²) in [4.78, 5) is 11.1. The standard InChI is InChI=1S/C12H9F3N2O2/c1-7-3-2-4-9(11(18)19)10(7)17-6-8(5-16-17)12(13,14)15/h2-6H,1H3,(H,18,19). The zero-order valence-electron chi connectivity index (χ0n) is 9.77. The fourth-order valence-electron chi connectivity index (χ4n) is 1.73. The largest absolute Gasteiger partial charge is 0.478 e. The quantitative estimate of drug-likeness (QED) is 0.912. The molecule has 0 saturated heterocycles. The van der Waals surface area contributed by atoms with Crippen LogP contribution in [0.3, 0.4) is 0 Å². The van der Waals surface area contributed by atoms with E-state index in [-0.39, 0.29) is 11.3 Å². The van der Waals surface area contributed by atoms with Crippen LogP contribution in [0.4, 0.5) is 13.2 Å². The summed E-state index contributed by atoms with van der Waals surface area (Å²) in [5, 5.41) is 12.6. The van der Waals surface area contributed by atoms with Gasteiger partial charge in [-0.2, -0.15) is 18.3 Å². The molecule has 1 aromatic heterocycles. The van der Waals surface area contributed by atoms with Crippen molar-refractivity contribution in [3.63, 3.8) is 0 Å². The van der Waals surface area contributed by atoms with Crippen LogP contribution in [0, 0.1) is 6.92 Å². The fourth-order valence-corrected chi connectivity index (χ4v) is 1.73. The summed E-state index contributed by atoms with van der Waals surface area (Å²) in [6, 6.07) is 4.45. The first-order chi connectivity index (χ1) is 8.80. The lowest BCUT2D eigenvalue weighted by Gasteiger charge is -2.09. The zero-order chi connectivity index (χ0) is 14.2. The third-order valence-electron chi connectivity index (χ3n) is 2.61. The average Bonchev–Trinajstić information content (AvgIpc) is 2.77. The lowest BCUT2D eigenvalue weighted by molar-refractivity contribution is -0.137. The number of halogens is 3. The van der Waals surface area contributed by atoms with Gasteiger partial charge in [0.2, 0.25) is 0 Å². The number of aromatic carboxylic acids is 1. The normalized spacial score (nSPS) is 11.6. The Labute approximate surface area is 106 Å². The van der Waals surface area contributed by atoms with Gasteiger partial charge in [0.05, 0.1) is 23.0 Å². The number of carboxylic acids is 1. The van der Waals surface area contributed by atoms with E-state index in [4.69, 9.17) is 5.11 Å². The molecule has 2 rings (SSSR count). The number of para-hydroxylation sites is 1. The molecule has 100 valence electrons. The molecule has 0 atom stereocenters. The molecule has 0 aliphatic heterocycles. The molecule has 0 bridgehead atoms. The van der Waals surface area contributed by atoms with Gasteiger partial charge in [0, 0.05) is 6.20 Å². The molecule has 0 spiro atoms. The molecular formula is C12H9F3N2O2. The van der Waals surface area contributed by atoms with Gasteiger partial charge in [0.1, 0.15) is 0 Å². The molecule has 1 aromatic carbocycles. The minimum Gasteiger partial charge on any atom is -0.478 e. The summed E-state index contributed by atoms with van der Waals surface area (Å²) in [6.45, 7) is 1.61. The third kappa shape index (κ3) is 2.44. The van der Waals surface area contributed by atoms with Crippen molar-refractivity contribution in [1.29, 1.82) is 0 Å². The lowest BCUT2D eigenvalue weighted by atomic mass is 10.1. The zero-order valence-corrected chi connectivity index (χ0v) is 9.77. The first-order valence-corrected chi connectivity index (χ1v) is 5.26. The highest BCUT2D eigenvalue weighted by Gasteiger charge is 2.32. The lowest BCUT2D eigenvalue weighted by Crippen LogP contribution is -2.08. The van der Waals surface area contributed by atoms with Crippen LogP contribution >= 0.6 is 0 Å². The Bertz CT molecular complexity index is 632. The smallest absolute Gasteiger partial charge is 0.419 e. The molecular weight excluding hydrogens is 261 g/mol. The summed E-state index contributed by atoms with van der Waals surface area (Å²) in [7, 11) is 0. The van der Waals surface area contributed by atoms with Crippen LogP contribution in [-0.4, -0.2) is 20.9 Å². The van der Waals surface area contributed by atoms with Gasteiger partial charge >= 0.3 is 12.1 Å². The predicted molar refractivity (Wildman–Crippen MR) is 60.3 cm³/mol. The van der Waals surface area contributed by atoms with Crippen molar-refractivity contribution in [2.75, 3.05) is 0 Å². The van der Waals surface area contributed by atoms with E-state index in [0.29, 0.717) is 11.8 Å². The number of hydrogen-bond acceptors (Lipinski definition) is 2. The summed E-state index contributed by atoms with van der Waals surface area (Å²) in [5.41, 5.74) is -0.369. The minimum atomic E-state index is -4.51. The topological polar surface area (TPSA) is 55.1 Å². The second-order valence-electron chi connectivity index (χ2n) is 3.95. The highest BCUT2D eigenvalue weighted by atomic mass is 19.4. The van der Waals surface area contributed by atoms with Crippen LogP contribution in [0.2, 0.25) is 0 Å². The maximum absolute atomic E-state index is 12.5. The van der Waals surface area contributed by atoms with Crippen LogP contribution in [0.5, 0.6) is 0 Å². The van der Waals surface area contributed by atoms with Crippen molar-refractivity contribution in [3.05, 3.63) is 47.3 Å². The first kappa shape index (κ1) is 13.1. The number of aromatic nitrogens is 2. The van der Waals surface area contributed by atoms with Crippen molar-refractivity contribution < 1.29 is 23.1 Å². The van der Waals surface area contributed by atoms with Gasteiger partial charge in [-0.3, -0.25) is 0 Å². The molecule has 1 N–H and O–H groups in total. The SMILES string of the molecule is Cc1cccc(C(=O)O)c1-n1cc(C(F)(F)F)cn1. The third-order valence-corrected chi connectivity index (χ3v) is 2.61. The van der Waals surface area contributed by atoms with Crippen molar-refractivity contribution in [2.24, 2.45) is 0 Å². The number of benzene rings is 1. The van der Waals surface area contributed by atoms with Gasteiger partial charge in [0.25, 0.3) is 0 Å². The van der Waals surface area contributed by atoms with Crippen LogP contribution in [0.1, 0.15) is 21.5 Å². The van der Waals surface area contributed by atoms with Crippen molar-refractivity contribution in [2.45, 2.75) is 13.1 Å². The Balaban J connectivity index is 2.59. The summed E-state index contributed by atoms with van der Waals surface area (Å²) in [6.07, 6.45) is -3.07. The maximum Gasteiger partial charge on any atom is 0.419 e. The van der Waals surface area contributed by atoms with Crippen molar-refractivity contribution in [3.8, 4) is 5.69 Å². The summed E-state index contributed by atoms with van der Waals surface area (Å²) < 4.78 is 38.5. The monoisotopic (exact) mass is 270 g/mol. The second kappa shape index (κ2) is 4.42. The van der Waals surface area contributed by atoms with E-state index in [0.717, 1.165) is 10.9 Å². The molecule has 1 heterocycles. The number of hydrogen-bond donors (Lipinski definition) is 1. The Morgan fingerprint density at radius 1 is 1.37 bits per heavy atom. The molecule has 19 heavy (non-hydrogen) atoms. The van der Waals surface area contributed by atoms with Gasteiger partial charge in [-0.15, -0.1) is 0 Å². The van der Waals surface area contributed by atoms with Crippen molar-refractivity contribution in [1.82, 2.24) is 9.78 Å². The number of nitrogens with zero attached hydrogens (tertiary/aromatic N) is 2. The molecule has 7 heteroatoms. The molecule has 4 nitrogen and oxygen atoms in total. The summed E-state index contributed by atoms with van der Waals surface area (Å²) in [5.74, 6) is -1.22. The van der Waals surface area contributed by atoms with E-state index < -0.39 is 17.7 Å². The molecule has 0 amide bonds. The highest BCUT2D eigenvalue weighted by molar-refractivity contribution is 5.92. The van der Waals surface area contributed by atoms with Crippen LogP contribution in [-0.2, 0) is 6.18 Å².